The van der Waals surface area contributed by atoms with Crippen LogP contribution < -0.4 is 14.8 Å². The first-order chi connectivity index (χ1) is 13.1. The molecule has 1 aromatic carbocycles. The molecule has 2 aliphatic heterocycles. The van der Waals surface area contributed by atoms with Crippen molar-refractivity contribution in [1.29, 1.82) is 0 Å². The Kier molecular flexibility index (Phi) is 4.43. The van der Waals surface area contributed by atoms with Gasteiger partial charge in [0.1, 0.15) is 23.1 Å². The van der Waals surface area contributed by atoms with Crippen LogP contribution in [0.2, 0.25) is 0 Å². The molecule has 0 saturated carbocycles. The van der Waals surface area contributed by atoms with Gasteiger partial charge in [-0.25, -0.2) is 9.78 Å². The molecule has 4 rings (SSSR count). The highest BCUT2D eigenvalue weighted by molar-refractivity contribution is 5.93. The Morgan fingerprint density at radius 3 is 3.00 bits per heavy atom. The van der Waals surface area contributed by atoms with Crippen molar-refractivity contribution in [2.75, 3.05) is 11.9 Å². The lowest BCUT2D eigenvalue weighted by molar-refractivity contribution is -0.151. The number of fused-ring (bicyclic) bond motifs is 2. The van der Waals surface area contributed by atoms with Gasteiger partial charge in [0.15, 0.2) is 0 Å². The van der Waals surface area contributed by atoms with Crippen LogP contribution in [0.1, 0.15) is 37.3 Å². The van der Waals surface area contributed by atoms with Crippen molar-refractivity contribution in [2.45, 2.75) is 38.7 Å². The summed E-state index contributed by atoms with van der Waals surface area (Å²) >= 11 is 0. The first kappa shape index (κ1) is 17.3. The fourth-order valence-electron chi connectivity index (χ4n) is 3.41. The maximum Gasteiger partial charge on any atom is 0.347 e. The van der Waals surface area contributed by atoms with Gasteiger partial charge in [0.2, 0.25) is 12.0 Å². The highest BCUT2D eigenvalue weighted by Gasteiger charge is 2.37. The number of carbonyl (C=O) groups excluding carboxylic acids is 2. The van der Waals surface area contributed by atoms with Gasteiger partial charge in [-0.15, -0.1) is 0 Å². The number of anilines is 1. The van der Waals surface area contributed by atoms with Crippen LogP contribution in [-0.4, -0.2) is 29.6 Å². The third-order valence-corrected chi connectivity index (χ3v) is 4.80. The van der Waals surface area contributed by atoms with Gasteiger partial charge in [-0.1, -0.05) is 6.92 Å². The molecule has 2 aromatic rings. The normalized spacial score (nSPS) is 20.1. The van der Waals surface area contributed by atoms with Gasteiger partial charge >= 0.3 is 5.97 Å². The summed E-state index contributed by atoms with van der Waals surface area (Å²) in [4.78, 5) is 27.8. The Bertz CT molecular complexity index is 911. The number of pyridine rings is 1. The molecule has 0 fully saturated rings. The summed E-state index contributed by atoms with van der Waals surface area (Å²) in [5, 5.41) is 2.76. The monoisotopic (exact) mass is 368 g/mol. The largest absolute Gasteiger partial charge is 0.478 e. The van der Waals surface area contributed by atoms with E-state index in [4.69, 9.17) is 14.2 Å². The lowest BCUT2D eigenvalue weighted by atomic mass is 9.97. The summed E-state index contributed by atoms with van der Waals surface area (Å²) in [7, 11) is 0. The maximum atomic E-state index is 12.1. The number of benzene rings is 1. The molecule has 7 heteroatoms. The van der Waals surface area contributed by atoms with Crippen LogP contribution in [0.3, 0.4) is 0 Å². The minimum atomic E-state index is -0.640. The minimum Gasteiger partial charge on any atom is -0.478 e. The predicted octanol–water partition coefficient (Wildman–Crippen LogP) is 3.19. The van der Waals surface area contributed by atoms with E-state index in [0.29, 0.717) is 42.5 Å². The number of ether oxygens (including phenoxy) is 3. The molecule has 1 unspecified atom stereocenters. The number of aromatic nitrogens is 1. The number of nitrogens with zero attached hydrogens (tertiary/aromatic N) is 1. The zero-order valence-electron chi connectivity index (χ0n) is 15.2. The molecule has 0 saturated heterocycles. The van der Waals surface area contributed by atoms with E-state index < -0.39 is 6.10 Å². The van der Waals surface area contributed by atoms with Crippen LogP contribution >= 0.6 is 0 Å². The summed E-state index contributed by atoms with van der Waals surface area (Å²) in [5.41, 5.74) is 1.79. The van der Waals surface area contributed by atoms with Gasteiger partial charge in [-0.05, 0) is 37.6 Å². The zero-order chi connectivity index (χ0) is 19.0. The molecule has 2 atom stereocenters. The Labute approximate surface area is 156 Å². The summed E-state index contributed by atoms with van der Waals surface area (Å²) in [6.45, 7) is 4.02. The van der Waals surface area contributed by atoms with Crippen LogP contribution in [0.15, 0.2) is 30.5 Å². The van der Waals surface area contributed by atoms with Gasteiger partial charge in [-0.2, -0.15) is 0 Å². The number of esters is 1. The second kappa shape index (κ2) is 6.90. The molecule has 3 heterocycles. The van der Waals surface area contributed by atoms with Crippen LogP contribution in [0.5, 0.6) is 17.2 Å². The molecule has 2 aliphatic rings. The highest BCUT2D eigenvalue weighted by Crippen LogP contribution is 2.42. The van der Waals surface area contributed by atoms with Crippen LogP contribution in [0.4, 0.5) is 5.82 Å². The number of hydrogen-bond acceptors (Lipinski definition) is 6. The molecular formula is C20H20N2O5. The van der Waals surface area contributed by atoms with E-state index in [1.54, 1.807) is 31.3 Å². The Morgan fingerprint density at radius 1 is 1.33 bits per heavy atom. The lowest BCUT2D eigenvalue weighted by Crippen LogP contribution is -2.29. The Hall–Kier alpha value is -3.09. The molecule has 140 valence electrons. The first-order valence-electron chi connectivity index (χ1n) is 8.99. The average Bonchev–Trinajstić information content (AvgIpc) is 2.98. The smallest absolute Gasteiger partial charge is 0.347 e. The third kappa shape index (κ3) is 3.20. The lowest BCUT2D eigenvalue weighted by Gasteiger charge is -2.19. The summed E-state index contributed by atoms with van der Waals surface area (Å²) < 4.78 is 16.9. The van der Waals surface area contributed by atoms with Crippen molar-refractivity contribution in [3.8, 4) is 17.2 Å². The summed E-state index contributed by atoms with van der Waals surface area (Å²) in [6.07, 6.45) is 1.96. The van der Waals surface area contributed by atoms with E-state index in [0.717, 1.165) is 11.1 Å². The molecule has 27 heavy (non-hydrogen) atoms. The number of nitrogens with one attached hydrogen (secondary N) is 1. The summed E-state index contributed by atoms with van der Waals surface area (Å²) in [5.74, 6) is 1.98. The van der Waals surface area contributed by atoms with Gasteiger partial charge in [-0.3, -0.25) is 4.79 Å². The number of rotatable bonds is 4. The molecule has 1 N–H and O–H groups in total. The van der Waals surface area contributed by atoms with E-state index in [1.165, 1.54) is 0 Å². The second-order valence-corrected chi connectivity index (χ2v) is 6.57. The number of hydrogen-bond donors (Lipinski definition) is 1. The standard InChI is InChI=1S/C20H20N2O5/c1-3-25-20(24)18-11(2)14-10-12(4-6-15(14)27-18)26-16-8-9-21-19-13(16)5-7-17(23)22-19/h4,6,8-11,18H,3,5,7H2,1-2H3,(H,21,22,23)/t11?,18-/m1/s1. The van der Waals surface area contributed by atoms with Crippen molar-refractivity contribution >= 4 is 17.7 Å². The maximum absolute atomic E-state index is 12.1. The van der Waals surface area contributed by atoms with Crippen molar-refractivity contribution in [3.63, 3.8) is 0 Å². The molecule has 7 nitrogen and oxygen atoms in total. The molecule has 1 aromatic heterocycles. The van der Waals surface area contributed by atoms with E-state index >= 15 is 0 Å². The topological polar surface area (TPSA) is 86.8 Å². The Balaban J connectivity index is 1.58. The van der Waals surface area contributed by atoms with Crippen molar-refractivity contribution in [1.82, 2.24) is 4.98 Å². The zero-order valence-corrected chi connectivity index (χ0v) is 15.2. The van der Waals surface area contributed by atoms with Crippen molar-refractivity contribution in [3.05, 3.63) is 41.6 Å². The average molecular weight is 368 g/mol. The third-order valence-electron chi connectivity index (χ3n) is 4.80. The highest BCUT2D eigenvalue weighted by atomic mass is 16.6. The van der Waals surface area contributed by atoms with Gasteiger partial charge in [0.05, 0.1) is 6.61 Å². The fourth-order valence-corrected chi connectivity index (χ4v) is 3.41. The van der Waals surface area contributed by atoms with Crippen LogP contribution in [0, 0.1) is 0 Å². The van der Waals surface area contributed by atoms with E-state index in [-0.39, 0.29) is 17.8 Å². The van der Waals surface area contributed by atoms with Crippen molar-refractivity contribution < 1.29 is 23.8 Å². The SMILES string of the molecule is CCOC(=O)[C@@H]1Oc2ccc(Oc3ccnc4c3CCC(=O)N4)cc2C1C. The van der Waals surface area contributed by atoms with E-state index in [1.807, 2.05) is 13.0 Å². The van der Waals surface area contributed by atoms with Gasteiger partial charge in [0, 0.05) is 29.7 Å². The van der Waals surface area contributed by atoms with Gasteiger partial charge in [0.25, 0.3) is 0 Å². The molecule has 1 amide bonds. The first-order valence-corrected chi connectivity index (χ1v) is 8.99. The minimum absolute atomic E-state index is 0.0411. The number of amides is 1. The second-order valence-electron chi connectivity index (χ2n) is 6.57. The van der Waals surface area contributed by atoms with Gasteiger partial charge < -0.3 is 19.5 Å². The fraction of sp³-hybridized carbons (Fsp3) is 0.350. The molecule has 0 aliphatic carbocycles. The van der Waals surface area contributed by atoms with Crippen molar-refractivity contribution in [2.24, 2.45) is 0 Å². The molecule has 0 radical (unpaired) electrons. The molecular weight excluding hydrogens is 348 g/mol. The van der Waals surface area contributed by atoms with E-state index in [9.17, 15) is 9.59 Å². The van der Waals surface area contributed by atoms with Crippen LogP contribution in [-0.2, 0) is 20.7 Å². The Morgan fingerprint density at radius 2 is 2.19 bits per heavy atom. The quantitative estimate of drug-likeness (QED) is 0.834. The number of carbonyl (C=O) groups is 2. The molecule has 0 spiro atoms. The summed E-state index contributed by atoms with van der Waals surface area (Å²) in [6, 6.07) is 7.27. The van der Waals surface area contributed by atoms with E-state index in [2.05, 4.69) is 10.3 Å². The predicted molar refractivity (Wildman–Crippen MR) is 97.2 cm³/mol. The van der Waals surface area contributed by atoms with Crippen LogP contribution in [0.25, 0.3) is 0 Å². The molecule has 0 bridgehead atoms.